The van der Waals surface area contributed by atoms with Gasteiger partial charge in [-0.25, -0.2) is 14.6 Å². The molecule has 1 aliphatic heterocycles. The molecule has 0 unspecified atom stereocenters. The van der Waals surface area contributed by atoms with E-state index in [1.807, 2.05) is 53.7 Å². The number of pyridine rings is 1. The lowest BCUT2D eigenvalue weighted by atomic mass is 9.87. The SMILES string of the molecule is CC(C)c1c(-c2ccnc3c2cnn3C(=O)OC(C)(C)C)[nH]c2cc(Cl)c(C3CCN(C(=O)OC(C)(C)C)CC3)cc12. The number of carbonyl (C=O) groups is 2. The molecule has 0 spiro atoms. The van der Waals surface area contributed by atoms with Crippen LogP contribution in [0.3, 0.4) is 0 Å². The average Bonchev–Trinajstić information content (AvgIpc) is 3.48. The minimum atomic E-state index is -0.654. The number of fused-ring (bicyclic) bond motifs is 2. The molecule has 3 aromatic heterocycles. The molecule has 5 rings (SSSR count). The van der Waals surface area contributed by atoms with E-state index in [1.54, 1.807) is 17.3 Å². The van der Waals surface area contributed by atoms with E-state index in [4.69, 9.17) is 21.1 Å². The highest BCUT2D eigenvalue weighted by molar-refractivity contribution is 6.32. The summed E-state index contributed by atoms with van der Waals surface area (Å²) in [6.45, 7) is 16.7. The van der Waals surface area contributed by atoms with Crippen molar-refractivity contribution in [2.45, 2.75) is 91.3 Å². The topological polar surface area (TPSA) is 102 Å². The first-order chi connectivity index (χ1) is 19.6. The van der Waals surface area contributed by atoms with Gasteiger partial charge in [-0.05, 0) is 95.5 Å². The zero-order valence-corrected chi connectivity index (χ0v) is 26.4. The molecule has 1 N–H and O–H groups in total. The summed E-state index contributed by atoms with van der Waals surface area (Å²) in [7, 11) is 0. The highest BCUT2D eigenvalue weighted by Gasteiger charge is 2.30. The first-order valence-corrected chi connectivity index (χ1v) is 14.9. The van der Waals surface area contributed by atoms with E-state index < -0.39 is 17.3 Å². The summed E-state index contributed by atoms with van der Waals surface area (Å²) in [6.07, 6.45) is 4.14. The summed E-state index contributed by atoms with van der Waals surface area (Å²) in [5.74, 6) is 0.430. The predicted molar refractivity (Wildman–Crippen MR) is 165 cm³/mol. The number of carbonyl (C=O) groups excluding carboxylic acids is 2. The summed E-state index contributed by atoms with van der Waals surface area (Å²) in [5.41, 5.74) is 4.31. The van der Waals surface area contributed by atoms with Crippen LogP contribution >= 0.6 is 11.6 Å². The summed E-state index contributed by atoms with van der Waals surface area (Å²) in [6, 6.07) is 6.16. The van der Waals surface area contributed by atoms with Gasteiger partial charge in [-0.15, -0.1) is 4.68 Å². The van der Waals surface area contributed by atoms with Crippen molar-refractivity contribution in [2.75, 3.05) is 13.1 Å². The molecule has 9 nitrogen and oxygen atoms in total. The van der Waals surface area contributed by atoms with Crippen molar-refractivity contribution in [1.82, 2.24) is 24.6 Å². The number of piperidine rings is 1. The van der Waals surface area contributed by atoms with Crippen LogP contribution in [0.5, 0.6) is 0 Å². The summed E-state index contributed by atoms with van der Waals surface area (Å²) in [4.78, 5) is 35.3. The monoisotopic (exact) mass is 593 g/mol. The molecule has 1 amide bonds. The van der Waals surface area contributed by atoms with Crippen molar-refractivity contribution in [3.63, 3.8) is 0 Å². The molecule has 224 valence electrons. The third-order valence-corrected chi connectivity index (χ3v) is 7.75. The molecule has 10 heteroatoms. The molecule has 0 radical (unpaired) electrons. The van der Waals surface area contributed by atoms with Gasteiger partial charge in [-0.2, -0.15) is 5.10 Å². The van der Waals surface area contributed by atoms with Crippen molar-refractivity contribution in [3.8, 4) is 11.3 Å². The normalized spacial score (nSPS) is 15.1. The summed E-state index contributed by atoms with van der Waals surface area (Å²) >= 11 is 6.90. The average molecular weight is 594 g/mol. The lowest BCUT2D eigenvalue weighted by Crippen LogP contribution is -2.41. The highest BCUT2D eigenvalue weighted by Crippen LogP contribution is 2.42. The first-order valence-electron chi connectivity index (χ1n) is 14.5. The Morgan fingerprint density at radius 2 is 1.64 bits per heavy atom. The van der Waals surface area contributed by atoms with Crippen molar-refractivity contribution in [2.24, 2.45) is 0 Å². The molecule has 0 aliphatic carbocycles. The molecule has 1 aliphatic rings. The van der Waals surface area contributed by atoms with Gasteiger partial charge in [0, 0.05) is 46.2 Å². The highest BCUT2D eigenvalue weighted by atomic mass is 35.5. The number of benzene rings is 1. The Hall–Kier alpha value is -3.59. The fraction of sp³-hybridized carbons (Fsp3) is 0.500. The van der Waals surface area contributed by atoms with Crippen molar-refractivity contribution in [1.29, 1.82) is 0 Å². The maximum absolute atomic E-state index is 12.8. The van der Waals surface area contributed by atoms with Gasteiger partial charge in [0.05, 0.1) is 11.9 Å². The molecule has 1 aromatic carbocycles. The zero-order valence-electron chi connectivity index (χ0n) is 25.7. The maximum Gasteiger partial charge on any atom is 0.437 e. The molecule has 0 saturated carbocycles. The molecule has 1 saturated heterocycles. The van der Waals surface area contributed by atoms with Crippen LogP contribution in [0.4, 0.5) is 9.59 Å². The van der Waals surface area contributed by atoms with E-state index in [2.05, 4.69) is 35.0 Å². The molecule has 0 bridgehead atoms. The fourth-order valence-corrected chi connectivity index (χ4v) is 5.98. The maximum atomic E-state index is 12.8. The molecule has 4 aromatic rings. The second-order valence-corrected chi connectivity index (χ2v) is 13.8. The van der Waals surface area contributed by atoms with Crippen LogP contribution in [0.15, 0.2) is 30.6 Å². The van der Waals surface area contributed by atoms with Gasteiger partial charge >= 0.3 is 12.2 Å². The van der Waals surface area contributed by atoms with Crippen molar-refractivity contribution >= 4 is 45.7 Å². The molecule has 4 heterocycles. The second-order valence-electron chi connectivity index (χ2n) is 13.4. The van der Waals surface area contributed by atoms with E-state index in [9.17, 15) is 9.59 Å². The van der Waals surface area contributed by atoms with E-state index in [0.717, 1.165) is 51.5 Å². The number of aromatic amines is 1. The number of hydrogen-bond donors (Lipinski definition) is 1. The Labute approximate surface area is 251 Å². The number of hydrogen-bond acceptors (Lipinski definition) is 6. The number of nitrogens with one attached hydrogen (secondary N) is 1. The third kappa shape index (κ3) is 5.98. The number of aromatic nitrogens is 4. The standard InChI is InChI=1S/C32H40ClN5O4/c1-18(2)26-22-15-21(19-10-13-37(14-11-19)29(39)41-31(3,4)5)24(33)16-25(22)36-27(26)20-9-12-34-28-23(20)17-35-38(28)30(40)42-32(6,7)8/h9,12,15-19,36H,10-11,13-14H2,1-8H3. The number of amides is 1. The van der Waals surface area contributed by atoms with E-state index in [1.165, 1.54) is 4.68 Å². The van der Waals surface area contributed by atoms with Gasteiger partial charge in [0.1, 0.15) is 11.2 Å². The van der Waals surface area contributed by atoms with Crippen molar-refractivity contribution in [3.05, 3.63) is 46.7 Å². The van der Waals surface area contributed by atoms with E-state index >= 15 is 0 Å². The first kappa shape index (κ1) is 29.9. The van der Waals surface area contributed by atoms with Crippen LogP contribution in [0.25, 0.3) is 33.2 Å². The Morgan fingerprint density at radius 1 is 1.00 bits per heavy atom. The van der Waals surface area contributed by atoms with Gasteiger partial charge in [-0.3, -0.25) is 0 Å². The van der Waals surface area contributed by atoms with Crippen LogP contribution in [-0.2, 0) is 9.47 Å². The van der Waals surface area contributed by atoms with Gasteiger partial charge in [-0.1, -0.05) is 25.4 Å². The van der Waals surface area contributed by atoms with Crippen molar-refractivity contribution < 1.29 is 19.1 Å². The largest absolute Gasteiger partial charge is 0.444 e. The molecular weight excluding hydrogens is 554 g/mol. The molecule has 1 fully saturated rings. The van der Waals surface area contributed by atoms with Gasteiger partial charge in [0.15, 0.2) is 5.65 Å². The van der Waals surface area contributed by atoms with Crippen LogP contribution in [-0.4, -0.2) is 61.1 Å². The van der Waals surface area contributed by atoms with E-state index in [0.29, 0.717) is 23.8 Å². The zero-order chi connectivity index (χ0) is 30.6. The Balaban J connectivity index is 1.50. The van der Waals surface area contributed by atoms with Gasteiger partial charge in [0.25, 0.3) is 0 Å². The third-order valence-electron chi connectivity index (χ3n) is 7.43. The quantitative estimate of drug-likeness (QED) is 0.256. The second kappa shape index (κ2) is 10.9. The number of halogens is 1. The van der Waals surface area contributed by atoms with Crippen LogP contribution in [0.2, 0.25) is 5.02 Å². The molecule has 42 heavy (non-hydrogen) atoms. The van der Waals surface area contributed by atoms with Crippen LogP contribution in [0, 0.1) is 0 Å². The summed E-state index contributed by atoms with van der Waals surface area (Å²) < 4.78 is 12.3. The number of ether oxygens (including phenoxy) is 2. The minimum absolute atomic E-state index is 0.195. The number of rotatable bonds is 3. The number of likely N-dealkylation sites (tertiary alicyclic amines) is 1. The van der Waals surface area contributed by atoms with Gasteiger partial charge < -0.3 is 19.4 Å². The lowest BCUT2D eigenvalue weighted by molar-refractivity contribution is 0.0204. The molecular formula is C32H40ClN5O4. The van der Waals surface area contributed by atoms with E-state index in [-0.39, 0.29) is 17.9 Å². The minimum Gasteiger partial charge on any atom is -0.444 e. The summed E-state index contributed by atoms with van der Waals surface area (Å²) in [5, 5.41) is 6.89. The molecule has 0 atom stereocenters. The predicted octanol–water partition coefficient (Wildman–Crippen LogP) is 8.25. The lowest BCUT2D eigenvalue weighted by Gasteiger charge is -2.34. The van der Waals surface area contributed by atoms with Crippen LogP contribution in [0.1, 0.15) is 91.2 Å². The fourth-order valence-electron chi connectivity index (χ4n) is 5.66. The van der Waals surface area contributed by atoms with Gasteiger partial charge in [0.2, 0.25) is 0 Å². The number of H-pyrrole nitrogens is 1. The Bertz CT molecular complexity index is 1650. The number of nitrogens with zero attached hydrogens (tertiary/aromatic N) is 4. The van der Waals surface area contributed by atoms with Crippen LogP contribution < -0.4 is 0 Å². The Kier molecular flexibility index (Phi) is 7.77. The Morgan fingerprint density at radius 3 is 2.26 bits per heavy atom. The smallest absolute Gasteiger partial charge is 0.437 e.